The van der Waals surface area contributed by atoms with E-state index >= 15 is 0 Å². The summed E-state index contributed by atoms with van der Waals surface area (Å²) < 4.78 is 18.4. The number of hydrogen-bond donors (Lipinski definition) is 1. The van der Waals surface area contributed by atoms with Crippen LogP contribution in [0, 0.1) is 19.7 Å². The van der Waals surface area contributed by atoms with E-state index in [4.69, 9.17) is 16.3 Å². The number of benzene rings is 2. The lowest BCUT2D eigenvalue weighted by atomic mass is 10.1. The second kappa shape index (κ2) is 6.59. The summed E-state index contributed by atoms with van der Waals surface area (Å²) in [6.07, 6.45) is 0. The van der Waals surface area contributed by atoms with Gasteiger partial charge in [0, 0.05) is 0 Å². The highest BCUT2D eigenvalue weighted by atomic mass is 35.5. The Balaban J connectivity index is 1.97. The molecule has 21 heavy (non-hydrogen) atoms. The maximum Gasteiger partial charge on any atom is 0.262 e. The van der Waals surface area contributed by atoms with Crippen LogP contribution < -0.4 is 10.1 Å². The number of rotatable bonds is 4. The summed E-state index contributed by atoms with van der Waals surface area (Å²) in [5.41, 5.74) is 2.36. The first kappa shape index (κ1) is 15.3. The van der Waals surface area contributed by atoms with Gasteiger partial charge in [0.2, 0.25) is 0 Å². The van der Waals surface area contributed by atoms with Gasteiger partial charge in [0.25, 0.3) is 5.91 Å². The number of carbonyl (C=O) groups is 1. The third-order valence-corrected chi connectivity index (χ3v) is 3.22. The van der Waals surface area contributed by atoms with E-state index < -0.39 is 5.82 Å². The molecule has 0 saturated carbocycles. The molecule has 0 spiro atoms. The lowest BCUT2D eigenvalue weighted by molar-refractivity contribution is -0.118. The summed E-state index contributed by atoms with van der Waals surface area (Å²) in [7, 11) is 0. The van der Waals surface area contributed by atoms with Crippen molar-refractivity contribution in [3.05, 3.63) is 58.4 Å². The van der Waals surface area contributed by atoms with Crippen LogP contribution >= 0.6 is 11.6 Å². The van der Waals surface area contributed by atoms with E-state index in [1.807, 2.05) is 32.0 Å². The minimum Gasteiger partial charge on any atom is -0.483 e. The fraction of sp³-hybridized carbons (Fsp3) is 0.188. The summed E-state index contributed by atoms with van der Waals surface area (Å²) in [6.45, 7) is 3.71. The first-order valence-electron chi connectivity index (χ1n) is 6.40. The van der Waals surface area contributed by atoms with Gasteiger partial charge in [-0.3, -0.25) is 4.79 Å². The van der Waals surface area contributed by atoms with Gasteiger partial charge in [-0.25, -0.2) is 4.39 Å². The van der Waals surface area contributed by atoms with Crippen LogP contribution in [0.5, 0.6) is 5.75 Å². The summed E-state index contributed by atoms with van der Waals surface area (Å²) in [4.78, 5) is 11.8. The number of halogens is 2. The van der Waals surface area contributed by atoms with Crippen LogP contribution in [-0.2, 0) is 4.79 Å². The van der Waals surface area contributed by atoms with Gasteiger partial charge in [0.15, 0.2) is 6.61 Å². The molecule has 110 valence electrons. The molecule has 0 unspecified atom stereocenters. The molecule has 0 radical (unpaired) electrons. The topological polar surface area (TPSA) is 38.3 Å². The van der Waals surface area contributed by atoms with E-state index in [0.717, 1.165) is 17.2 Å². The van der Waals surface area contributed by atoms with Crippen LogP contribution in [-0.4, -0.2) is 12.5 Å². The summed E-state index contributed by atoms with van der Waals surface area (Å²) in [5.74, 6) is -0.149. The third-order valence-electron chi connectivity index (χ3n) is 2.91. The third kappa shape index (κ3) is 4.20. The van der Waals surface area contributed by atoms with Gasteiger partial charge >= 0.3 is 0 Å². The Hall–Kier alpha value is -2.07. The lowest BCUT2D eigenvalue weighted by Crippen LogP contribution is -2.20. The Morgan fingerprint density at radius 3 is 2.71 bits per heavy atom. The molecular weight excluding hydrogens is 293 g/mol. The lowest BCUT2D eigenvalue weighted by Gasteiger charge is -2.11. The Bertz CT molecular complexity index is 673. The highest BCUT2D eigenvalue weighted by Gasteiger charge is 2.08. The van der Waals surface area contributed by atoms with Gasteiger partial charge in [-0.1, -0.05) is 23.7 Å². The normalized spacial score (nSPS) is 10.3. The van der Waals surface area contributed by atoms with Gasteiger partial charge in [0.05, 0.1) is 10.7 Å². The van der Waals surface area contributed by atoms with Crippen LogP contribution in [0.4, 0.5) is 10.1 Å². The average Bonchev–Trinajstić information content (AvgIpc) is 2.43. The number of ether oxygens (including phenoxy) is 1. The van der Waals surface area contributed by atoms with Crippen molar-refractivity contribution in [2.24, 2.45) is 0 Å². The first-order chi connectivity index (χ1) is 9.95. The zero-order chi connectivity index (χ0) is 15.4. The Kier molecular flexibility index (Phi) is 4.81. The fourth-order valence-corrected chi connectivity index (χ4v) is 2.00. The summed E-state index contributed by atoms with van der Waals surface area (Å²) in [6, 6.07) is 9.55. The number of hydrogen-bond acceptors (Lipinski definition) is 2. The standard InChI is InChI=1S/C16H15ClFNO2/c1-10-3-4-11(2)15(7-10)21-9-16(20)19-14-6-5-12(18)8-13(14)17/h3-8H,9H2,1-2H3,(H,19,20). The number of anilines is 1. The molecule has 0 aromatic heterocycles. The minimum absolute atomic E-state index is 0.141. The molecule has 0 aliphatic heterocycles. The fourth-order valence-electron chi connectivity index (χ4n) is 1.78. The van der Waals surface area contributed by atoms with Crippen molar-refractivity contribution in [1.29, 1.82) is 0 Å². The summed E-state index contributed by atoms with van der Waals surface area (Å²) >= 11 is 5.84. The SMILES string of the molecule is Cc1ccc(C)c(OCC(=O)Nc2ccc(F)cc2Cl)c1. The second-order valence-electron chi connectivity index (χ2n) is 4.73. The van der Waals surface area contributed by atoms with Crippen LogP contribution in [0.1, 0.15) is 11.1 Å². The van der Waals surface area contributed by atoms with Crippen molar-refractivity contribution in [3.63, 3.8) is 0 Å². The first-order valence-corrected chi connectivity index (χ1v) is 6.78. The molecule has 2 aromatic carbocycles. The van der Waals surface area contributed by atoms with Crippen LogP contribution in [0.15, 0.2) is 36.4 Å². The predicted molar refractivity (Wildman–Crippen MR) is 81.5 cm³/mol. The van der Waals surface area contributed by atoms with Gasteiger partial charge in [0.1, 0.15) is 11.6 Å². The van der Waals surface area contributed by atoms with E-state index in [-0.39, 0.29) is 17.5 Å². The second-order valence-corrected chi connectivity index (χ2v) is 5.14. The molecule has 2 aromatic rings. The Morgan fingerprint density at radius 1 is 1.24 bits per heavy atom. The molecule has 0 bridgehead atoms. The zero-order valence-electron chi connectivity index (χ0n) is 11.7. The molecule has 0 heterocycles. The quantitative estimate of drug-likeness (QED) is 0.923. The van der Waals surface area contributed by atoms with E-state index in [1.165, 1.54) is 12.1 Å². The number of aryl methyl sites for hydroxylation is 2. The maximum absolute atomic E-state index is 12.9. The molecule has 2 rings (SSSR count). The molecule has 1 amide bonds. The molecule has 3 nitrogen and oxygen atoms in total. The molecule has 0 saturated heterocycles. The summed E-state index contributed by atoms with van der Waals surface area (Å²) in [5, 5.41) is 2.73. The molecule has 0 aliphatic rings. The van der Waals surface area contributed by atoms with E-state index in [0.29, 0.717) is 11.4 Å². The van der Waals surface area contributed by atoms with E-state index in [2.05, 4.69) is 5.32 Å². The highest BCUT2D eigenvalue weighted by Crippen LogP contribution is 2.23. The van der Waals surface area contributed by atoms with E-state index in [1.54, 1.807) is 0 Å². The van der Waals surface area contributed by atoms with Crippen molar-refractivity contribution < 1.29 is 13.9 Å². The van der Waals surface area contributed by atoms with Gasteiger partial charge in [-0.15, -0.1) is 0 Å². The number of nitrogens with one attached hydrogen (secondary N) is 1. The Labute approximate surface area is 127 Å². The minimum atomic E-state index is -0.454. The molecule has 5 heteroatoms. The van der Waals surface area contributed by atoms with Gasteiger partial charge in [-0.05, 0) is 49.2 Å². The largest absolute Gasteiger partial charge is 0.483 e. The van der Waals surface area contributed by atoms with Crippen molar-refractivity contribution in [1.82, 2.24) is 0 Å². The molecule has 0 fully saturated rings. The van der Waals surface area contributed by atoms with Crippen molar-refractivity contribution in [2.75, 3.05) is 11.9 Å². The average molecular weight is 308 g/mol. The van der Waals surface area contributed by atoms with Crippen LogP contribution in [0.3, 0.4) is 0 Å². The zero-order valence-corrected chi connectivity index (χ0v) is 12.5. The van der Waals surface area contributed by atoms with E-state index in [9.17, 15) is 9.18 Å². The van der Waals surface area contributed by atoms with Crippen LogP contribution in [0.25, 0.3) is 0 Å². The predicted octanol–water partition coefficient (Wildman–Crippen LogP) is 4.11. The van der Waals surface area contributed by atoms with Gasteiger partial charge in [-0.2, -0.15) is 0 Å². The maximum atomic E-state index is 12.9. The van der Waals surface area contributed by atoms with Crippen molar-refractivity contribution in [2.45, 2.75) is 13.8 Å². The molecule has 0 atom stereocenters. The van der Waals surface area contributed by atoms with Gasteiger partial charge < -0.3 is 10.1 Å². The molecule has 1 N–H and O–H groups in total. The highest BCUT2D eigenvalue weighted by molar-refractivity contribution is 6.33. The Morgan fingerprint density at radius 2 is 2.00 bits per heavy atom. The van der Waals surface area contributed by atoms with Crippen LogP contribution in [0.2, 0.25) is 5.02 Å². The smallest absolute Gasteiger partial charge is 0.262 e. The molecular formula is C16H15ClFNO2. The molecule has 0 aliphatic carbocycles. The number of carbonyl (C=O) groups excluding carboxylic acids is 1. The monoisotopic (exact) mass is 307 g/mol. The van der Waals surface area contributed by atoms with Crippen molar-refractivity contribution >= 4 is 23.2 Å². The van der Waals surface area contributed by atoms with Crippen molar-refractivity contribution in [3.8, 4) is 5.75 Å². The number of amides is 1.